The molecule has 2 heterocycles. The number of ether oxygens (including phenoxy) is 4. The molecule has 1 aromatic carbocycles. The molecule has 3 rings (SSSR count). The van der Waals surface area contributed by atoms with Gasteiger partial charge in [0.05, 0.1) is 13.2 Å². The van der Waals surface area contributed by atoms with Gasteiger partial charge in [0.25, 0.3) is 0 Å². The minimum atomic E-state index is -4.93. The van der Waals surface area contributed by atoms with Crippen LogP contribution in [0.25, 0.3) is 0 Å². The molecular formula is C20H29NO14S. The molecule has 1 aromatic rings. The van der Waals surface area contributed by atoms with Gasteiger partial charge in [0, 0.05) is 6.92 Å². The molecule has 204 valence electrons. The molecule has 2 aliphatic heterocycles. The van der Waals surface area contributed by atoms with E-state index in [9.17, 15) is 38.7 Å². The summed E-state index contributed by atoms with van der Waals surface area (Å²) in [6.45, 7) is -0.554. The largest absolute Gasteiger partial charge is 0.462 e. The lowest BCUT2D eigenvalue weighted by molar-refractivity contribution is -0.337. The molecule has 0 unspecified atom stereocenters. The average molecular weight is 540 g/mol. The Morgan fingerprint density at radius 2 is 1.61 bits per heavy atom. The highest BCUT2D eigenvalue weighted by Gasteiger charge is 2.51. The third-order valence-electron chi connectivity index (χ3n) is 5.56. The third kappa shape index (κ3) is 7.08. The number of carbonyl (C=O) groups is 1. The van der Waals surface area contributed by atoms with Crippen molar-refractivity contribution >= 4 is 16.3 Å². The molecule has 0 spiro atoms. The summed E-state index contributed by atoms with van der Waals surface area (Å²) >= 11 is 0. The van der Waals surface area contributed by atoms with Crippen molar-refractivity contribution in [1.29, 1.82) is 0 Å². The van der Waals surface area contributed by atoms with E-state index in [0.717, 1.165) is 6.92 Å². The minimum absolute atomic E-state index is 0.310. The van der Waals surface area contributed by atoms with Crippen LogP contribution in [-0.4, -0.2) is 119 Å². The molecule has 2 fully saturated rings. The van der Waals surface area contributed by atoms with Gasteiger partial charge in [0.1, 0.15) is 54.5 Å². The van der Waals surface area contributed by atoms with Crippen molar-refractivity contribution in [2.24, 2.45) is 0 Å². The predicted octanol–water partition coefficient (Wildman–Crippen LogP) is -3.34. The molecule has 2 aliphatic rings. The van der Waals surface area contributed by atoms with E-state index in [-0.39, 0.29) is 0 Å². The van der Waals surface area contributed by atoms with E-state index in [4.69, 9.17) is 23.5 Å². The number of hydrogen-bond acceptors (Lipinski definition) is 13. The summed E-state index contributed by atoms with van der Waals surface area (Å²) in [5.41, 5.74) is 0. The van der Waals surface area contributed by atoms with E-state index in [1.165, 1.54) is 0 Å². The van der Waals surface area contributed by atoms with Crippen LogP contribution in [0, 0.1) is 0 Å². The van der Waals surface area contributed by atoms with Crippen LogP contribution in [0.5, 0.6) is 5.75 Å². The second-order valence-corrected chi connectivity index (χ2v) is 9.29. The first-order chi connectivity index (χ1) is 16.9. The van der Waals surface area contributed by atoms with E-state index in [2.05, 4.69) is 9.50 Å². The summed E-state index contributed by atoms with van der Waals surface area (Å²) in [5, 5.41) is 54.3. The maximum atomic E-state index is 11.7. The van der Waals surface area contributed by atoms with Crippen molar-refractivity contribution in [3.8, 4) is 5.75 Å². The Morgan fingerprint density at radius 3 is 2.19 bits per heavy atom. The van der Waals surface area contributed by atoms with E-state index >= 15 is 0 Å². The highest BCUT2D eigenvalue weighted by atomic mass is 32.3. The maximum absolute atomic E-state index is 11.7. The van der Waals surface area contributed by atoms with E-state index in [1.54, 1.807) is 30.3 Å². The smallest absolute Gasteiger partial charge is 0.397 e. The fourth-order valence-electron chi connectivity index (χ4n) is 3.83. The van der Waals surface area contributed by atoms with Crippen molar-refractivity contribution < 1.29 is 66.4 Å². The van der Waals surface area contributed by atoms with E-state index in [1.807, 2.05) is 0 Å². The predicted molar refractivity (Wildman–Crippen MR) is 115 cm³/mol. The monoisotopic (exact) mass is 539 g/mol. The molecule has 0 radical (unpaired) electrons. The highest BCUT2D eigenvalue weighted by Crippen LogP contribution is 2.30. The number of carbonyl (C=O) groups excluding carboxylic acids is 1. The first-order valence-corrected chi connectivity index (χ1v) is 12.2. The summed E-state index contributed by atoms with van der Waals surface area (Å²) < 4.78 is 57.1. The molecule has 7 N–H and O–H groups in total. The number of amides is 1. The van der Waals surface area contributed by atoms with Crippen molar-refractivity contribution in [3.63, 3.8) is 0 Å². The standard InChI is InChI=1S/C20H29NO14S/c1-9(23)21-13-15(25)14(24)12(8-31-36(28,29)30)34-19(13)35-18-11(7-22)33-20(17(27)16(18)26)32-10-5-3-2-4-6-10/h2-6,11-20,22,24-27H,7-8H2,1H3,(H,21,23)(H,28,29,30)/t11-,12-,13-,14-,15-,16-,17-,18-,19+,20+/m1/s1. The van der Waals surface area contributed by atoms with Crippen molar-refractivity contribution in [3.05, 3.63) is 30.3 Å². The zero-order valence-electron chi connectivity index (χ0n) is 18.9. The molecule has 10 atom stereocenters. The summed E-state index contributed by atoms with van der Waals surface area (Å²) in [6, 6.07) is 6.78. The molecule has 16 heteroatoms. The number of aliphatic hydroxyl groups excluding tert-OH is 5. The highest BCUT2D eigenvalue weighted by molar-refractivity contribution is 7.80. The van der Waals surface area contributed by atoms with Gasteiger partial charge in [-0.15, -0.1) is 0 Å². The molecular weight excluding hydrogens is 510 g/mol. The van der Waals surface area contributed by atoms with Gasteiger partial charge in [-0.05, 0) is 12.1 Å². The Bertz CT molecular complexity index is 962. The molecule has 1 amide bonds. The number of rotatable bonds is 9. The summed E-state index contributed by atoms with van der Waals surface area (Å²) in [5.74, 6) is -0.350. The molecule has 15 nitrogen and oxygen atoms in total. The molecule has 0 aromatic heterocycles. The van der Waals surface area contributed by atoms with Crippen LogP contribution in [0.15, 0.2) is 30.3 Å². The van der Waals surface area contributed by atoms with Crippen LogP contribution >= 0.6 is 0 Å². The van der Waals surface area contributed by atoms with Crippen molar-refractivity contribution in [2.75, 3.05) is 13.2 Å². The van der Waals surface area contributed by atoms with Crippen LogP contribution in [0.2, 0.25) is 0 Å². The van der Waals surface area contributed by atoms with E-state index < -0.39 is 90.9 Å². The molecule has 0 saturated carbocycles. The van der Waals surface area contributed by atoms with Crippen LogP contribution in [-0.2, 0) is 33.6 Å². The van der Waals surface area contributed by atoms with Crippen LogP contribution in [0.3, 0.4) is 0 Å². The van der Waals surface area contributed by atoms with Crippen molar-refractivity contribution in [1.82, 2.24) is 5.32 Å². The Hall–Kier alpha value is -1.96. The first kappa shape index (κ1) is 28.6. The fourth-order valence-corrected chi connectivity index (χ4v) is 4.14. The van der Waals surface area contributed by atoms with Gasteiger partial charge in [0.15, 0.2) is 6.29 Å². The topological polar surface area (TPSA) is 231 Å². The lowest BCUT2D eigenvalue weighted by Gasteiger charge is -2.47. The Balaban J connectivity index is 1.79. The van der Waals surface area contributed by atoms with Gasteiger partial charge in [-0.25, -0.2) is 4.18 Å². The third-order valence-corrected chi connectivity index (χ3v) is 5.99. The molecule has 2 saturated heterocycles. The second kappa shape index (κ2) is 12.1. The number of hydrogen-bond donors (Lipinski definition) is 7. The Morgan fingerprint density at radius 1 is 0.972 bits per heavy atom. The number of nitrogens with one attached hydrogen (secondary N) is 1. The van der Waals surface area contributed by atoms with Crippen molar-refractivity contribution in [2.45, 2.75) is 68.3 Å². The molecule has 0 aliphatic carbocycles. The van der Waals surface area contributed by atoms with E-state index in [0.29, 0.717) is 5.75 Å². The molecule has 36 heavy (non-hydrogen) atoms. The van der Waals surface area contributed by atoms with Gasteiger partial charge >= 0.3 is 10.4 Å². The Kier molecular flexibility index (Phi) is 9.58. The number of benzene rings is 1. The van der Waals surface area contributed by atoms with Crippen LogP contribution < -0.4 is 10.1 Å². The second-order valence-electron chi connectivity index (χ2n) is 8.20. The van der Waals surface area contributed by atoms with Gasteiger partial charge < -0.3 is 49.8 Å². The quantitative estimate of drug-likeness (QED) is 0.152. The van der Waals surface area contributed by atoms with Gasteiger partial charge in [0.2, 0.25) is 12.2 Å². The maximum Gasteiger partial charge on any atom is 0.397 e. The lowest BCUT2D eigenvalue weighted by Crippen LogP contribution is -2.68. The number of aliphatic hydroxyl groups is 5. The minimum Gasteiger partial charge on any atom is -0.462 e. The average Bonchev–Trinajstić information content (AvgIpc) is 2.82. The zero-order chi connectivity index (χ0) is 26.6. The lowest BCUT2D eigenvalue weighted by atomic mass is 9.95. The Labute approximate surface area is 206 Å². The fraction of sp³-hybridized carbons (Fsp3) is 0.650. The van der Waals surface area contributed by atoms with Crippen LogP contribution in [0.1, 0.15) is 6.92 Å². The molecule has 0 bridgehead atoms. The van der Waals surface area contributed by atoms with Gasteiger partial charge in [-0.1, -0.05) is 18.2 Å². The summed E-state index contributed by atoms with van der Waals surface area (Å²) in [7, 11) is -4.93. The first-order valence-electron chi connectivity index (χ1n) is 10.8. The zero-order valence-corrected chi connectivity index (χ0v) is 19.7. The van der Waals surface area contributed by atoms with Gasteiger partial charge in [-0.3, -0.25) is 9.35 Å². The van der Waals surface area contributed by atoms with Gasteiger partial charge in [-0.2, -0.15) is 8.42 Å². The number of para-hydroxylation sites is 1. The normalized spacial score (nSPS) is 37.3. The van der Waals surface area contributed by atoms with Crippen LogP contribution in [0.4, 0.5) is 0 Å². The summed E-state index contributed by atoms with van der Waals surface area (Å²) in [6.07, 6.45) is -14.4. The summed E-state index contributed by atoms with van der Waals surface area (Å²) in [4.78, 5) is 11.7. The SMILES string of the molecule is CC(=O)N[C@H]1[C@H](O[C@H]2[C@H](O)[C@@H](O)[C@@H](Oc3ccccc3)O[C@@H]2CO)O[C@H](COS(=O)(=O)O)[C@@H](O)[C@@H]1O.